The van der Waals surface area contributed by atoms with E-state index in [0.717, 1.165) is 18.5 Å². The van der Waals surface area contributed by atoms with Crippen LogP contribution in [0.3, 0.4) is 0 Å². The fraction of sp³-hybridized carbons (Fsp3) is 0.412. The van der Waals surface area contributed by atoms with Crippen molar-refractivity contribution >= 4 is 17.6 Å². The quantitative estimate of drug-likeness (QED) is 0.847. The maximum Gasteiger partial charge on any atom is 0.306 e. The van der Waals surface area contributed by atoms with E-state index in [0.29, 0.717) is 19.4 Å². The van der Waals surface area contributed by atoms with Gasteiger partial charge in [-0.2, -0.15) is 0 Å². The van der Waals surface area contributed by atoms with E-state index in [1.54, 1.807) is 11.0 Å². The molecular weight excluding hydrogens is 266 g/mol. The summed E-state index contributed by atoms with van der Waals surface area (Å²) in [5, 5.41) is 9.16. The predicted octanol–water partition coefficient (Wildman–Crippen LogP) is 3.10. The molecule has 1 N–H and O–H groups in total. The fourth-order valence-corrected chi connectivity index (χ4v) is 2.92. The summed E-state index contributed by atoms with van der Waals surface area (Å²) in [5.41, 5.74) is 0.833. The van der Waals surface area contributed by atoms with Crippen molar-refractivity contribution in [2.75, 3.05) is 11.4 Å². The van der Waals surface area contributed by atoms with Crippen LogP contribution < -0.4 is 4.90 Å². The Morgan fingerprint density at radius 1 is 1.24 bits per heavy atom. The van der Waals surface area contributed by atoms with Crippen molar-refractivity contribution in [3.63, 3.8) is 0 Å². The molecule has 1 amide bonds. The van der Waals surface area contributed by atoms with E-state index in [4.69, 9.17) is 5.11 Å². The van der Waals surface area contributed by atoms with E-state index < -0.39 is 11.9 Å². The van der Waals surface area contributed by atoms with E-state index >= 15 is 0 Å². The van der Waals surface area contributed by atoms with Gasteiger partial charge in [0.25, 0.3) is 0 Å². The number of amides is 1. The molecule has 21 heavy (non-hydrogen) atoms. The van der Waals surface area contributed by atoms with Crippen LogP contribution in [-0.4, -0.2) is 23.5 Å². The summed E-state index contributed by atoms with van der Waals surface area (Å²) in [5.74, 6) is -1.39. The van der Waals surface area contributed by atoms with Crippen molar-refractivity contribution in [2.24, 2.45) is 11.8 Å². The number of nitrogens with zero attached hydrogens (tertiary/aromatic N) is 1. The second-order valence-corrected chi connectivity index (χ2v) is 5.47. The van der Waals surface area contributed by atoms with E-state index in [-0.39, 0.29) is 11.8 Å². The predicted molar refractivity (Wildman–Crippen MR) is 82.1 cm³/mol. The number of carbonyl (C=O) groups is 2. The smallest absolute Gasteiger partial charge is 0.306 e. The minimum absolute atomic E-state index is 0.00653. The lowest BCUT2D eigenvalue weighted by molar-refractivity contribution is -0.143. The molecule has 0 radical (unpaired) electrons. The van der Waals surface area contributed by atoms with Gasteiger partial charge in [-0.25, -0.2) is 0 Å². The SMILES string of the molecule is C=CCN(C(=O)C1CCCC(C(=O)O)C1)c1ccccc1. The number of carbonyl (C=O) groups excluding carboxylic acids is 1. The molecular formula is C17H21NO3. The summed E-state index contributed by atoms with van der Waals surface area (Å²) in [7, 11) is 0. The third kappa shape index (κ3) is 3.72. The Labute approximate surface area is 125 Å². The average Bonchev–Trinajstić information content (AvgIpc) is 2.53. The molecule has 2 unspecified atom stereocenters. The summed E-state index contributed by atoms with van der Waals surface area (Å²) in [6.07, 6.45) is 4.37. The highest BCUT2D eigenvalue weighted by Crippen LogP contribution is 2.31. The summed E-state index contributed by atoms with van der Waals surface area (Å²) in [6.45, 7) is 4.15. The highest BCUT2D eigenvalue weighted by molar-refractivity contribution is 5.95. The van der Waals surface area contributed by atoms with Crippen molar-refractivity contribution in [1.82, 2.24) is 0 Å². The van der Waals surface area contributed by atoms with Crippen molar-refractivity contribution in [3.8, 4) is 0 Å². The number of hydrogen-bond donors (Lipinski definition) is 1. The number of para-hydroxylation sites is 1. The highest BCUT2D eigenvalue weighted by atomic mass is 16.4. The van der Waals surface area contributed by atoms with E-state index in [2.05, 4.69) is 6.58 Å². The third-order valence-electron chi connectivity index (χ3n) is 4.02. The van der Waals surface area contributed by atoms with Gasteiger partial charge in [-0.15, -0.1) is 6.58 Å². The number of carboxylic acid groups (broad SMARTS) is 1. The maximum atomic E-state index is 12.7. The Morgan fingerprint density at radius 3 is 2.52 bits per heavy atom. The zero-order valence-corrected chi connectivity index (χ0v) is 12.1. The van der Waals surface area contributed by atoms with Crippen molar-refractivity contribution < 1.29 is 14.7 Å². The monoisotopic (exact) mass is 287 g/mol. The Morgan fingerprint density at radius 2 is 1.90 bits per heavy atom. The molecule has 0 saturated heterocycles. The number of benzene rings is 1. The third-order valence-corrected chi connectivity index (χ3v) is 4.02. The van der Waals surface area contributed by atoms with Crippen LogP contribution in [0.2, 0.25) is 0 Å². The second-order valence-electron chi connectivity index (χ2n) is 5.47. The Kier molecular flexibility index (Phi) is 5.14. The second kappa shape index (κ2) is 7.07. The van der Waals surface area contributed by atoms with Crippen molar-refractivity contribution in [2.45, 2.75) is 25.7 Å². The summed E-state index contributed by atoms with van der Waals surface area (Å²) >= 11 is 0. The van der Waals surface area contributed by atoms with Gasteiger partial charge in [0.2, 0.25) is 5.91 Å². The molecule has 1 saturated carbocycles. The first kappa shape index (κ1) is 15.3. The largest absolute Gasteiger partial charge is 0.481 e. The van der Waals surface area contributed by atoms with Crippen LogP contribution in [0.15, 0.2) is 43.0 Å². The Balaban J connectivity index is 2.15. The molecule has 4 nitrogen and oxygen atoms in total. The molecule has 2 rings (SSSR count). The standard InChI is InChI=1S/C17H21NO3/c1-2-11-18(15-9-4-3-5-10-15)16(19)13-7-6-8-14(12-13)17(20)21/h2-5,9-10,13-14H,1,6-8,11-12H2,(H,20,21). The molecule has 0 bridgehead atoms. The molecule has 0 aliphatic heterocycles. The Hall–Kier alpha value is -2.10. The lowest BCUT2D eigenvalue weighted by Crippen LogP contribution is -2.39. The van der Waals surface area contributed by atoms with Crippen LogP contribution >= 0.6 is 0 Å². The number of aliphatic carboxylic acids is 1. The number of rotatable bonds is 5. The Bertz CT molecular complexity index is 512. The van der Waals surface area contributed by atoms with Gasteiger partial charge in [-0.3, -0.25) is 9.59 Å². The average molecular weight is 287 g/mol. The molecule has 1 aromatic carbocycles. The molecule has 0 spiro atoms. The summed E-state index contributed by atoms with van der Waals surface area (Å²) in [6, 6.07) is 9.46. The van der Waals surface area contributed by atoms with Gasteiger partial charge in [0.1, 0.15) is 0 Å². The number of anilines is 1. The van der Waals surface area contributed by atoms with E-state index in [1.165, 1.54) is 0 Å². The van der Waals surface area contributed by atoms with E-state index in [9.17, 15) is 9.59 Å². The summed E-state index contributed by atoms with van der Waals surface area (Å²) < 4.78 is 0. The van der Waals surface area contributed by atoms with Gasteiger partial charge in [0, 0.05) is 18.2 Å². The number of carboxylic acids is 1. The maximum absolute atomic E-state index is 12.7. The molecule has 2 atom stereocenters. The molecule has 0 heterocycles. The topological polar surface area (TPSA) is 57.6 Å². The van der Waals surface area contributed by atoms with Crippen LogP contribution in [0.4, 0.5) is 5.69 Å². The van der Waals surface area contributed by atoms with Crippen molar-refractivity contribution in [3.05, 3.63) is 43.0 Å². The molecule has 1 aliphatic rings. The van der Waals surface area contributed by atoms with Crippen LogP contribution in [0.1, 0.15) is 25.7 Å². The minimum atomic E-state index is -0.789. The van der Waals surface area contributed by atoms with Gasteiger partial charge in [-0.1, -0.05) is 30.7 Å². The summed E-state index contributed by atoms with van der Waals surface area (Å²) in [4.78, 5) is 25.6. The molecule has 4 heteroatoms. The van der Waals surface area contributed by atoms with Crippen LogP contribution in [0.25, 0.3) is 0 Å². The fourth-order valence-electron chi connectivity index (χ4n) is 2.92. The van der Waals surface area contributed by atoms with Gasteiger partial charge in [-0.05, 0) is 31.4 Å². The zero-order valence-electron chi connectivity index (χ0n) is 12.1. The normalized spacial score (nSPS) is 21.5. The van der Waals surface area contributed by atoms with Gasteiger partial charge in [0.15, 0.2) is 0 Å². The van der Waals surface area contributed by atoms with Crippen LogP contribution in [0.5, 0.6) is 0 Å². The zero-order chi connectivity index (χ0) is 15.2. The molecule has 0 aromatic heterocycles. The number of hydrogen-bond acceptors (Lipinski definition) is 2. The first-order chi connectivity index (χ1) is 10.1. The van der Waals surface area contributed by atoms with E-state index in [1.807, 2.05) is 30.3 Å². The highest BCUT2D eigenvalue weighted by Gasteiger charge is 2.33. The molecule has 1 fully saturated rings. The van der Waals surface area contributed by atoms with Gasteiger partial charge >= 0.3 is 5.97 Å². The van der Waals surface area contributed by atoms with Crippen LogP contribution in [-0.2, 0) is 9.59 Å². The van der Waals surface area contributed by atoms with Gasteiger partial charge in [0.05, 0.1) is 5.92 Å². The first-order valence-corrected chi connectivity index (χ1v) is 7.33. The van der Waals surface area contributed by atoms with Crippen molar-refractivity contribution in [1.29, 1.82) is 0 Å². The van der Waals surface area contributed by atoms with Crippen LogP contribution in [0, 0.1) is 11.8 Å². The molecule has 1 aliphatic carbocycles. The minimum Gasteiger partial charge on any atom is -0.481 e. The molecule has 112 valence electrons. The lowest BCUT2D eigenvalue weighted by atomic mass is 9.80. The molecule has 1 aromatic rings. The first-order valence-electron chi connectivity index (χ1n) is 7.33. The lowest BCUT2D eigenvalue weighted by Gasteiger charge is -2.31. The van der Waals surface area contributed by atoms with Gasteiger partial charge < -0.3 is 10.0 Å².